The van der Waals surface area contributed by atoms with E-state index in [0.29, 0.717) is 32.7 Å². The molecule has 7 nitrogen and oxygen atoms in total. The van der Waals surface area contributed by atoms with E-state index in [0.717, 1.165) is 11.4 Å². The van der Waals surface area contributed by atoms with E-state index >= 15 is 0 Å². The highest BCUT2D eigenvalue weighted by molar-refractivity contribution is 7.88. The maximum atomic E-state index is 11.5. The Balaban J connectivity index is 1.60. The highest BCUT2D eigenvalue weighted by Crippen LogP contribution is 2.10. The van der Waals surface area contributed by atoms with E-state index in [1.807, 2.05) is 30.3 Å². The Morgan fingerprint density at radius 2 is 1.77 bits per heavy atom. The Kier molecular flexibility index (Phi) is 4.23. The summed E-state index contributed by atoms with van der Waals surface area (Å²) in [7, 11) is -3.08. The molecule has 0 unspecified atom stereocenters. The maximum Gasteiger partial charge on any atom is 0.211 e. The van der Waals surface area contributed by atoms with Gasteiger partial charge in [-0.2, -0.15) is 19.3 Å². The first-order valence-corrected chi connectivity index (χ1v) is 9.01. The van der Waals surface area contributed by atoms with Crippen LogP contribution in [0.1, 0.15) is 5.69 Å². The molecular weight excluding hydrogens is 302 g/mol. The Bertz CT molecular complexity index is 721. The van der Waals surface area contributed by atoms with Gasteiger partial charge in [0.05, 0.1) is 23.8 Å². The first-order chi connectivity index (χ1) is 10.5. The molecule has 1 aliphatic heterocycles. The third-order valence-corrected chi connectivity index (χ3v) is 5.02. The minimum absolute atomic E-state index is 0.533. The van der Waals surface area contributed by atoms with Crippen LogP contribution in [0.15, 0.2) is 36.5 Å². The molecule has 1 saturated heterocycles. The normalized spacial score (nSPS) is 17.7. The average Bonchev–Trinajstić information content (AvgIpc) is 2.96. The van der Waals surface area contributed by atoms with Crippen LogP contribution in [0.4, 0.5) is 0 Å². The number of piperazine rings is 1. The SMILES string of the molecule is CS(=O)(=O)N1CCN(Cc2cnn(-c3ccccc3)n2)CC1. The quantitative estimate of drug-likeness (QED) is 0.812. The predicted molar refractivity (Wildman–Crippen MR) is 83.1 cm³/mol. The van der Waals surface area contributed by atoms with E-state index in [2.05, 4.69) is 15.1 Å². The van der Waals surface area contributed by atoms with Gasteiger partial charge in [-0.15, -0.1) is 0 Å². The van der Waals surface area contributed by atoms with Gasteiger partial charge in [0.1, 0.15) is 0 Å². The van der Waals surface area contributed by atoms with Crippen LogP contribution in [-0.4, -0.2) is 65.1 Å². The smallest absolute Gasteiger partial charge is 0.211 e. The number of hydrogen-bond acceptors (Lipinski definition) is 5. The summed E-state index contributed by atoms with van der Waals surface area (Å²) in [6.45, 7) is 3.18. The number of rotatable bonds is 4. The Hall–Kier alpha value is -1.77. The third kappa shape index (κ3) is 3.52. The minimum atomic E-state index is -3.08. The third-order valence-electron chi connectivity index (χ3n) is 3.71. The van der Waals surface area contributed by atoms with Crippen molar-refractivity contribution in [2.45, 2.75) is 6.54 Å². The average molecular weight is 321 g/mol. The van der Waals surface area contributed by atoms with Crippen molar-refractivity contribution in [2.75, 3.05) is 32.4 Å². The van der Waals surface area contributed by atoms with E-state index in [9.17, 15) is 8.42 Å². The van der Waals surface area contributed by atoms with Gasteiger partial charge < -0.3 is 0 Å². The minimum Gasteiger partial charge on any atom is -0.295 e. The standard InChI is InChI=1S/C14H19N5O2S/c1-22(20,21)18-9-7-17(8-10-18)12-13-11-15-19(16-13)14-5-3-2-4-6-14/h2-6,11H,7-10,12H2,1H3. The van der Waals surface area contributed by atoms with E-state index in [1.54, 1.807) is 11.0 Å². The number of benzene rings is 1. The summed E-state index contributed by atoms with van der Waals surface area (Å²) in [6.07, 6.45) is 3.02. The fourth-order valence-corrected chi connectivity index (χ4v) is 3.33. The van der Waals surface area contributed by atoms with Crippen molar-refractivity contribution >= 4 is 10.0 Å². The fourth-order valence-electron chi connectivity index (χ4n) is 2.50. The van der Waals surface area contributed by atoms with Crippen LogP contribution in [0.2, 0.25) is 0 Å². The van der Waals surface area contributed by atoms with Gasteiger partial charge in [0, 0.05) is 32.7 Å². The number of sulfonamides is 1. The molecule has 0 radical (unpaired) electrons. The lowest BCUT2D eigenvalue weighted by Crippen LogP contribution is -2.47. The van der Waals surface area contributed by atoms with Gasteiger partial charge in [0.25, 0.3) is 0 Å². The molecule has 0 bridgehead atoms. The van der Waals surface area contributed by atoms with Crippen LogP contribution in [-0.2, 0) is 16.6 Å². The van der Waals surface area contributed by atoms with Crippen molar-refractivity contribution < 1.29 is 8.42 Å². The van der Waals surface area contributed by atoms with Crippen LogP contribution in [0, 0.1) is 0 Å². The summed E-state index contributed by atoms with van der Waals surface area (Å²) in [5.74, 6) is 0. The van der Waals surface area contributed by atoms with E-state index in [4.69, 9.17) is 0 Å². The van der Waals surface area contributed by atoms with Gasteiger partial charge in [-0.1, -0.05) is 18.2 Å². The molecule has 0 saturated carbocycles. The second-order valence-electron chi connectivity index (χ2n) is 5.40. The van der Waals surface area contributed by atoms with E-state index in [-0.39, 0.29) is 0 Å². The van der Waals surface area contributed by atoms with Crippen molar-refractivity contribution in [3.63, 3.8) is 0 Å². The maximum absolute atomic E-state index is 11.5. The van der Waals surface area contributed by atoms with Crippen molar-refractivity contribution in [1.29, 1.82) is 0 Å². The zero-order valence-electron chi connectivity index (χ0n) is 12.5. The summed E-state index contributed by atoms with van der Waals surface area (Å²) >= 11 is 0. The predicted octanol–water partition coefficient (Wildman–Crippen LogP) is 0.344. The molecular formula is C14H19N5O2S. The fraction of sp³-hybridized carbons (Fsp3) is 0.429. The lowest BCUT2D eigenvalue weighted by Gasteiger charge is -2.32. The molecule has 8 heteroatoms. The second-order valence-corrected chi connectivity index (χ2v) is 7.38. The number of hydrogen-bond donors (Lipinski definition) is 0. The van der Waals surface area contributed by atoms with Crippen LogP contribution in [0.3, 0.4) is 0 Å². The largest absolute Gasteiger partial charge is 0.295 e. The molecule has 0 spiro atoms. The molecule has 0 N–H and O–H groups in total. The Labute approximate surface area is 130 Å². The Morgan fingerprint density at radius 3 is 2.41 bits per heavy atom. The highest BCUT2D eigenvalue weighted by Gasteiger charge is 2.23. The van der Waals surface area contributed by atoms with Gasteiger partial charge in [-0.05, 0) is 12.1 Å². The molecule has 2 heterocycles. The van der Waals surface area contributed by atoms with Crippen molar-refractivity contribution in [2.24, 2.45) is 0 Å². The van der Waals surface area contributed by atoms with Crippen molar-refractivity contribution in [1.82, 2.24) is 24.2 Å². The lowest BCUT2D eigenvalue weighted by atomic mass is 10.3. The molecule has 1 aromatic heterocycles. The molecule has 0 aliphatic carbocycles. The van der Waals surface area contributed by atoms with Crippen molar-refractivity contribution in [3.05, 3.63) is 42.2 Å². The summed E-state index contributed by atoms with van der Waals surface area (Å²) in [5.41, 5.74) is 1.81. The summed E-state index contributed by atoms with van der Waals surface area (Å²) in [6, 6.07) is 9.75. The van der Waals surface area contributed by atoms with Crippen molar-refractivity contribution in [3.8, 4) is 5.69 Å². The zero-order chi connectivity index (χ0) is 15.6. The first kappa shape index (κ1) is 15.1. The number of nitrogens with zero attached hydrogens (tertiary/aromatic N) is 5. The van der Waals surface area contributed by atoms with Gasteiger partial charge >= 0.3 is 0 Å². The van der Waals surface area contributed by atoms with E-state index < -0.39 is 10.0 Å². The molecule has 2 aromatic rings. The monoisotopic (exact) mass is 321 g/mol. The highest BCUT2D eigenvalue weighted by atomic mass is 32.2. The van der Waals surface area contributed by atoms with Crippen LogP contribution >= 0.6 is 0 Å². The van der Waals surface area contributed by atoms with Gasteiger partial charge in [-0.3, -0.25) is 4.90 Å². The Morgan fingerprint density at radius 1 is 1.09 bits per heavy atom. The number of aromatic nitrogens is 3. The van der Waals surface area contributed by atoms with E-state index in [1.165, 1.54) is 10.6 Å². The zero-order valence-corrected chi connectivity index (χ0v) is 13.3. The lowest BCUT2D eigenvalue weighted by molar-refractivity contribution is 0.180. The molecule has 0 amide bonds. The molecule has 1 fully saturated rings. The first-order valence-electron chi connectivity index (χ1n) is 7.16. The molecule has 3 rings (SSSR count). The molecule has 1 aliphatic rings. The van der Waals surface area contributed by atoms with Gasteiger partial charge in [-0.25, -0.2) is 8.42 Å². The summed E-state index contributed by atoms with van der Waals surface area (Å²) < 4.78 is 24.5. The topological polar surface area (TPSA) is 71.3 Å². The number of para-hydroxylation sites is 1. The second kappa shape index (κ2) is 6.15. The van der Waals surface area contributed by atoms with Crippen LogP contribution < -0.4 is 0 Å². The van der Waals surface area contributed by atoms with Crippen LogP contribution in [0.25, 0.3) is 5.69 Å². The van der Waals surface area contributed by atoms with Gasteiger partial charge in [0.2, 0.25) is 10.0 Å². The molecule has 0 atom stereocenters. The van der Waals surface area contributed by atoms with Gasteiger partial charge in [0.15, 0.2) is 0 Å². The van der Waals surface area contributed by atoms with Crippen LogP contribution in [0.5, 0.6) is 0 Å². The molecule has 22 heavy (non-hydrogen) atoms. The summed E-state index contributed by atoms with van der Waals surface area (Å²) in [5, 5.41) is 8.75. The molecule has 1 aromatic carbocycles. The summed E-state index contributed by atoms with van der Waals surface area (Å²) in [4.78, 5) is 3.81. The molecule has 118 valence electrons.